The van der Waals surface area contributed by atoms with Gasteiger partial charge in [-0.05, 0) is 30.9 Å². The van der Waals surface area contributed by atoms with Crippen molar-refractivity contribution >= 4 is 15.7 Å². The second-order valence-electron chi connectivity index (χ2n) is 4.96. The fourth-order valence-electron chi connectivity index (χ4n) is 1.95. The first-order valence-corrected chi connectivity index (χ1v) is 7.74. The summed E-state index contributed by atoms with van der Waals surface area (Å²) in [7, 11) is -3.85. The van der Waals surface area contributed by atoms with E-state index in [2.05, 4.69) is 4.72 Å². The number of rotatable bonds is 6. The average molecular weight is 302 g/mol. The van der Waals surface area contributed by atoms with Crippen molar-refractivity contribution in [2.75, 3.05) is 6.54 Å². The molecule has 0 bridgehead atoms. The molecule has 0 unspecified atom stereocenters. The summed E-state index contributed by atoms with van der Waals surface area (Å²) in [6.07, 6.45) is 2.98. The standard InChI is InChI=1S/C12H15FN2O4S/c1-8-6-10(13)11(15(16)17)7-12(8)20(18,19)14-5-4-9-2-3-9/h6-7,9,14H,2-5H2,1H3. The number of sulfonamides is 1. The number of halogens is 1. The van der Waals surface area contributed by atoms with Gasteiger partial charge in [0.05, 0.1) is 9.82 Å². The van der Waals surface area contributed by atoms with Crippen LogP contribution >= 0.6 is 0 Å². The van der Waals surface area contributed by atoms with Crippen LogP contribution in [0.4, 0.5) is 10.1 Å². The Morgan fingerprint density at radius 2 is 2.10 bits per heavy atom. The highest BCUT2D eigenvalue weighted by molar-refractivity contribution is 7.89. The third-order valence-corrected chi connectivity index (χ3v) is 4.88. The number of benzene rings is 1. The summed E-state index contributed by atoms with van der Waals surface area (Å²) in [5, 5.41) is 10.7. The molecule has 0 aromatic heterocycles. The Balaban J connectivity index is 2.24. The van der Waals surface area contributed by atoms with Crippen molar-refractivity contribution in [1.29, 1.82) is 0 Å². The van der Waals surface area contributed by atoms with Crippen LogP contribution in [0, 0.1) is 28.8 Å². The first-order valence-electron chi connectivity index (χ1n) is 6.25. The fraction of sp³-hybridized carbons (Fsp3) is 0.500. The van der Waals surface area contributed by atoms with Gasteiger partial charge in [-0.1, -0.05) is 12.8 Å². The SMILES string of the molecule is Cc1cc(F)c([N+](=O)[O-])cc1S(=O)(=O)NCCC1CC1. The molecular weight excluding hydrogens is 287 g/mol. The molecule has 1 saturated carbocycles. The van der Waals surface area contributed by atoms with Gasteiger partial charge in [-0.15, -0.1) is 0 Å². The van der Waals surface area contributed by atoms with Crippen molar-refractivity contribution < 1.29 is 17.7 Å². The topological polar surface area (TPSA) is 89.3 Å². The predicted octanol–water partition coefficient (Wildman–Crippen LogP) is 2.12. The minimum absolute atomic E-state index is 0.145. The zero-order chi connectivity index (χ0) is 14.9. The van der Waals surface area contributed by atoms with Crippen LogP contribution in [0.15, 0.2) is 17.0 Å². The van der Waals surface area contributed by atoms with Crippen molar-refractivity contribution in [1.82, 2.24) is 4.72 Å². The van der Waals surface area contributed by atoms with Crippen LogP contribution in [0.1, 0.15) is 24.8 Å². The Bertz CT molecular complexity index is 641. The van der Waals surface area contributed by atoms with Crippen molar-refractivity contribution in [3.63, 3.8) is 0 Å². The lowest BCUT2D eigenvalue weighted by atomic mass is 10.2. The van der Waals surface area contributed by atoms with Gasteiger partial charge < -0.3 is 0 Å². The van der Waals surface area contributed by atoms with E-state index in [0.29, 0.717) is 5.92 Å². The minimum Gasteiger partial charge on any atom is -0.258 e. The largest absolute Gasteiger partial charge is 0.306 e. The molecule has 0 saturated heterocycles. The molecule has 1 N–H and O–H groups in total. The Kier molecular flexibility index (Phi) is 4.05. The summed E-state index contributed by atoms with van der Waals surface area (Å²) in [6.45, 7) is 1.69. The van der Waals surface area contributed by atoms with Crippen LogP contribution < -0.4 is 4.72 Å². The second kappa shape index (κ2) is 5.45. The first-order chi connectivity index (χ1) is 9.31. The summed E-state index contributed by atoms with van der Waals surface area (Å²) >= 11 is 0. The van der Waals surface area contributed by atoms with Gasteiger partial charge in [0.2, 0.25) is 15.8 Å². The van der Waals surface area contributed by atoms with Crippen molar-refractivity contribution in [3.05, 3.63) is 33.6 Å². The molecule has 1 aliphatic carbocycles. The molecule has 0 heterocycles. The van der Waals surface area contributed by atoms with Gasteiger partial charge in [-0.2, -0.15) is 4.39 Å². The number of hydrogen-bond donors (Lipinski definition) is 1. The molecule has 2 rings (SSSR count). The van der Waals surface area contributed by atoms with Crippen LogP contribution in [0.25, 0.3) is 0 Å². The predicted molar refractivity (Wildman–Crippen MR) is 70.3 cm³/mol. The molecule has 8 heteroatoms. The maximum atomic E-state index is 13.4. The molecule has 1 fully saturated rings. The van der Waals surface area contributed by atoms with E-state index in [4.69, 9.17) is 0 Å². The van der Waals surface area contributed by atoms with Crippen LogP contribution in [0.3, 0.4) is 0 Å². The lowest BCUT2D eigenvalue weighted by Gasteiger charge is -2.09. The normalized spacial score (nSPS) is 15.3. The van der Waals surface area contributed by atoms with E-state index in [1.165, 1.54) is 6.92 Å². The number of nitro groups is 1. The van der Waals surface area contributed by atoms with Crippen LogP contribution in [-0.2, 0) is 10.0 Å². The van der Waals surface area contributed by atoms with E-state index in [1.54, 1.807) is 0 Å². The van der Waals surface area contributed by atoms with Crippen molar-refractivity contribution in [2.24, 2.45) is 5.92 Å². The van der Waals surface area contributed by atoms with E-state index in [0.717, 1.165) is 31.4 Å². The molecule has 1 aromatic rings. The van der Waals surface area contributed by atoms with Gasteiger partial charge in [0.15, 0.2) is 0 Å². The van der Waals surface area contributed by atoms with Crippen LogP contribution in [-0.4, -0.2) is 19.9 Å². The number of nitrogens with zero attached hydrogens (tertiary/aromatic N) is 1. The molecule has 110 valence electrons. The van der Waals surface area contributed by atoms with E-state index in [9.17, 15) is 22.9 Å². The zero-order valence-electron chi connectivity index (χ0n) is 10.9. The summed E-state index contributed by atoms with van der Waals surface area (Å²) in [4.78, 5) is 9.49. The minimum atomic E-state index is -3.85. The molecule has 0 radical (unpaired) electrons. The molecule has 20 heavy (non-hydrogen) atoms. The van der Waals surface area contributed by atoms with E-state index in [1.807, 2.05) is 0 Å². The third kappa shape index (κ3) is 3.31. The number of nitro benzene ring substituents is 1. The monoisotopic (exact) mass is 302 g/mol. The van der Waals surface area contributed by atoms with E-state index >= 15 is 0 Å². The molecule has 0 atom stereocenters. The Morgan fingerprint density at radius 3 is 2.65 bits per heavy atom. The Labute approximate surface area is 116 Å². The summed E-state index contributed by atoms with van der Waals surface area (Å²) in [5.74, 6) is -0.467. The highest BCUT2D eigenvalue weighted by atomic mass is 32.2. The molecule has 0 spiro atoms. The second-order valence-corrected chi connectivity index (χ2v) is 6.69. The third-order valence-electron chi connectivity index (χ3n) is 3.27. The summed E-state index contributed by atoms with van der Waals surface area (Å²) in [5.41, 5.74) is -0.690. The van der Waals surface area contributed by atoms with Gasteiger partial charge >= 0.3 is 5.69 Å². The van der Waals surface area contributed by atoms with Gasteiger partial charge in [-0.3, -0.25) is 10.1 Å². The van der Waals surface area contributed by atoms with Crippen molar-refractivity contribution in [3.8, 4) is 0 Å². The van der Waals surface area contributed by atoms with Crippen LogP contribution in [0.2, 0.25) is 0 Å². The highest BCUT2D eigenvalue weighted by Gasteiger charge is 2.25. The zero-order valence-corrected chi connectivity index (χ0v) is 11.7. The smallest absolute Gasteiger partial charge is 0.258 e. The quantitative estimate of drug-likeness (QED) is 0.644. The van der Waals surface area contributed by atoms with E-state index < -0.39 is 26.5 Å². The lowest BCUT2D eigenvalue weighted by molar-refractivity contribution is -0.387. The van der Waals surface area contributed by atoms with E-state index in [-0.39, 0.29) is 17.0 Å². The molecule has 0 amide bonds. The molecule has 6 nitrogen and oxygen atoms in total. The lowest BCUT2D eigenvalue weighted by Crippen LogP contribution is -2.26. The molecule has 1 aliphatic rings. The van der Waals surface area contributed by atoms with Crippen LogP contribution in [0.5, 0.6) is 0 Å². The molecule has 0 aliphatic heterocycles. The van der Waals surface area contributed by atoms with Gasteiger partial charge in [0.1, 0.15) is 0 Å². The Hall–Kier alpha value is -1.54. The number of hydrogen-bond acceptors (Lipinski definition) is 4. The molecular formula is C12H15FN2O4S. The maximum Gasteiger partial charge on any atom is 0.306 e. The van der Waals surface area contributed by atoms with Gasteiger partial charge in [0.25, 0.3) is 0 Å². The summed E-state index contributed by atoms with van der Waals surface area (Å²) < 4.78 is 39.9. The number of aryl methyl sites for hydroxylation is 1. The number of nitrogens with one attached hydrogen (secondary N) is 1. The first kappa shape index (κ1) is 14.9. The highest BCUT2D eigenvalue weighted by Crippen LogP contribution is 2.32. The average Bonchev–Trinajstić information content (AvgIpc) is 3.11. The fourth-order valence-corrected chi connectivity index (χ4v) is 3.24. The van der Waals surface area contributed by atoms with Gasteiger partial charge in [0, 0.05) is 12.6 Å². The Morgan fingerprint density at radius 1 is 1.45 bits per heavy atom. The van der Waals surface area contributed by atoms with Crippen molar-refractivity contribution in [2.45, 2.75) is 31.1 Å². The van der Waals surface area contributed by atoms with Gasteiger partial charge in [-0.25, -0.2) is 13.1 Å². The maximum absolute atomic E-state index is 13.4. The molecule has 1 aromatic carbocycles. The summed E-state index contributed by atoms with van der Waals surface area (Å²) in [6, 6.07) is 1.64.